The van der Waals surface area contributed by atoms with Gasteiger partial charge in [0.1, 0.15) is 0 Å². The summed E-state index contributed by atoms with van der Waals surface area (Å²) >= 11 is 0. The number of nitrogens with zero attached hydrogens (tertiary/aromatic N) is 1. The van der Waals surface area contributed by atoms with E-state index in [-0.39, 0.29) is 6.04 Å². The van der Waals surface area contributed by atoms with Gasteiger partial charge < -0.3 is 16.0 Å². The minimum absolute atomic E-state index is 0.0760. The summed E-state index contributed by atoms with van der Waals surface area (Å²) in [5, 5.41) is 3.54. The first-order valence-electron chi connectivity index (χ1n) is 6.74. The van der Waals surface area contributed by atoms with Crippen LogP contribution in [0.5, 0.6) is 0 Å². The Morgan fingerprint density at radius 2 is 1.89 bits per heavy atom. The van der Waals surface area contributed by atoms with Crippen LogP contribution >= 0.6 is 0 Å². The van der Waals surface area contributed by atoms with Gasteiger partial charge in [-0.1, -0.05) is 12.1 Å². The zero-order valence-electron chi connectivity index (χ0n) is 12.0. The Kier molecular flexibility index (Phi) is 4.05. The van der Waals surface area contributed by atoms with Gasteiger partial charge in [-0.15, -0.1) is 0 Å². The third-order valence-electron chi connectivity index (χ3n) is 4.08. The van der Waals surface area contributed by atoms with Crippen molar-refractivity contribution in [1.29, 1.82) is 0 Å². The van der Waals surface area contributed by atoms with Gasteiger partial charge in [0.2, 0.25) is 0 Å². The predicted octanol–water partition coefficient (Wildman–Crippen LogP) is 1.52. The molecule has 2 atom stereocenters. The summed E-state index contributed by atoms with van der Waals surface area (Å²) < 4.78 is 0. The van der Waals surface area contributed by atoms with Gasteiger partial charge >= 0.3 is 0 Å². The molecular weight excluding hydrogens is 222 g/mol. The van der Waals surface area contributed by atoms with E-state index in [1.165, 1.54) is 22.3 Å². The largest absolute Gasteiger partial charge is 0.323 e. The van der Waals surface area contributed by atoms with Gasteiger partial charge in [-0.3, -0.25) is 0 Å². The van der Waals surface area contributed by atoms with E-state index in [1.54, 1.807) is 0 Å². The number of likely N-dealkylation sites (N-methyl/N-ethyl adjacent to an activating group) is 1. The molecule has 1 aliphatic rings. The van der Waals surface area contributed by atoms with Crippen molar-refractivity contribution in [3.63, 3.8) is 0 Å². The summed E-state index contributed by atoms with van der Waals surface area (Å²) in [5.41, 5.74) is 11.7. The van der Waals surface area contributed by atoms with E-state index in [0.717, 1.165) is 19.6 Å². The van der Waals surface area contributed by atoms with E-state index in [1.807, 2.05) is 0 Å². The van der Waals surface area contributed by atoms with Gasteiger partial charge in [0.25, 0.3) is 0 Å². The molecule has 1 saturated heterocycles. The van der Waals surface area contributed by atoms with Crippen LogP contribution in [-0.4, -0.2) is 37.6 Å². The first kappa shape index (κ1) is 13.5. The Bertz CT molecular complexity index is 428. The van der Waals surface area contributed by atoms with Crippen LogP contribution in [0.15, 0.2) is 12.1 Å². The Balaban J connectivity index is 2.22. The quantitative estimate of drug-likeness (QED) is 0.832. The van der Waals surface area contributed by atoms with Crippen LogP contribution in [0.3, 0.4) is 0 Å². The molecule has 1 aromatic rings. The Hall–Kier alpha value is -0.900. The van der Waals surface area contributed by atoms with E-state index >= 15 is 0 Å². The number of nitrogens with two attached hydrogens (primary N) is 1. The molecule has 1 aliphatic heterocycles. The molecule has 100 valence electrons. The fraction of sp³-hybridized carbons (Fsp3) is 0.600. The Morgan fingerprint density at radius 3 is 2.56 bits per heavy atom. The van der Waals surface area contributed by atoms with E-state index in [0.29, 0.717) is 6.04 Å². The Labute approximate surface area is 110 Å². The molecule has 0 amide bonds. The zero-order valence-corrected chi connectivity index (χ0v) is 12.0. The molecule has 18 heavy (non-hydrogen) atoms. The maximum Gasteiger partial charge on any atom is 0.0466 e. The summed E-state index contributed by atoms with van der Waals surface area (Å²) in [6.45, 7) is 9.63. The Morgan fingerprint density at radius 1 is 1.22 bits per heavy atom. The first-order valence-corrected chi connectivity index (χ1v) is 6.74. The lowest BCUT2D eigenvalue weighted by atomic mass is 9.91. The highest BCUT2D eigenvalue weighted by Gasteiger charge is 2.25. The molecular formula is C15H25N3. The van der Waals surface area contributed by atoms with Gasteiger partial charge in [0, 0.05) is 31.7 Å². The molecule has 0 aromatic heterocycles. The van der Waals surface area contributed by atoms with E-state index in [4.69, 9.17) is 5.73 Å². The van der Waals surface area contributed by atoms with Crippen LogP contribution in [0.25, 0.3) is 0 Å². The third-order valence-corrected chi connectivity index (χ3v) is 4.08. The highest BCUT2D eigenvalue weighted by Crippen LogP contribution is 2.23. The van der Waals surface area contributed by atoms with Crippen LogP contribution in [0.2, 0.25) is 0 Å². The molecule has 0 radical (unpaired) electrons. The maximum absolute atomic E-state index is 6.46. The fourth-order valence-electron chi connectivity index (χ4n) is 2.73. The molecule has 2 unspecified atom stereocenters. The summed E-state index contributed by atoms with van der Waals surface area (Å²) in [6, 6.07) is 4.93. The summed E-state index contributed by atoms with van der Waals surface area (Å²) in [4.78, 5) is 2.34. The normalized spacial score (nSPS) is 23.1. The standard InChI is InChI=1S/C15H25N3/c1-10-7-12(3)13(8-11(10)2)15(16)14-9-18(4)6-5-17-14/h7-8,14-15,17H,5-6,9,16H2,1-4H3. The number of piperazine rings is 1. The van der Waals surface area contributed by atoms with Crippen molar-refractivity contribution in [2.45, 2.75) is 32.9 Å². The molecule has 1 fully saturated rings. The summed E-state index contributed by atoms with van der Waals surface area (Å²) in [6.07, 6.45) is 0. The van der Waals surface area contributed by atoms with Crippen molar-refractivity contribution in [2.24, 2.45) is 5.73 Å². The predicted molar refractivity (Wildman–Crippen MR) is 76.9 cm³/mol. The van der Waals surface area contributed by atoms with Gasteiger partial charge in [-0.05, 0) is 50.1 Å². The maximum atomic E-state index is 6.46. The number of aryl methyl sites for hydroxylation is 3. The van der Waals surface area contributed by atoms with Gasteiger partial charge in [0.05, 0.1) is 0 Å². The lowest BCUT2D eigenvalue weighted by molar-refractivity contribution is 0.219. The highest BCUT2D eigenvalue weighted by atomic mass is 15.2. The number of benzene rings is 1. The molecule has 0 aliphatic carbocycles. The zero-order chi connectivity index (χ0) is 13.3. The van der Waals surface area contributed by atoms with Gasteiger partial charge in [0.15, 0.2) is 0 Å². The number of hydrogen-bond donors (Lipinski definition) is 2. The minimum Gasteiger partial charge on any atom is -0.323 e. The molecule has 3 N–H and O–H groups in total. The fourth-order valence-corrected chi connectivity index (χ4v) is 2.73. The topological polar surface area (TPSA) is 41.3 Å². The SMILES string of the molecule is Cc1cc(C)c(C(N)C2CN(C)CCN2)cc1C. The van der Waals surface area contributed by atoms with Crippen molar-refractivity contribution in [1.82, 2.24) is 10.2 Å². The average molecular weight is 247 g/mol. The molecule has 0 bridgehead atoms. The van der Waals surface area contributed by atoms with Crippen LogP contribution < -0.4 is 11.1 Å². The molecule has 3 heteroatoms. The van der Waals surface area contributed by atoms with Crippen LogP contribution in [0, 0.1) is 20.8 Å². The first-order chi connectivity index (χ1) is 8.49. The second kappa shape index (κ2) is 5.39. The molecule has 3 nitrogen and oxygen atoms in total. The lowest BCUT2D eigenvalue weighted by Gasteiger charge is -2.35. The second-order valence-corrected chi connectivity index (χ2v) is 5.64. The average Bonchev–Trinajstić information content (AvgIpc) is 2.33. The molecule has 1 heterocycles. The smallest absolute Gasteiger partial charge is 0.0466 e. The monoisotopic (exact) mass is 247 g/mol. The number of nitrogens with one attached hydrogen (secondary N) is 1. The summed E-state index contributed by atoms with van der Waals surface area (Å²) in [5.74, 6) is 0. The van der Waals surface area contributed by atoms with Crippen molar-refractivity contribution in [3.05, 3.63) is 34.4 Å². The van der Waals surface area contributed by atoms with Crippen LogP contribution in [0.1, 0.15) is 28.3 Å². The van der Waals surface area contributed by atoms with E-state index in [9.17, 15) is 0 Å². The van der Waals surface area contributed by atoms with Crippen molar-refractivity contribution < 1.29 is 0 Å². The van der Waals surface area contributed by atoms with Crippen molar-refractivity contribution in [2.75, 3.05) is 26.7 Å². The van der Waals surface area contributed by atoms with Gasteiger partial charge in [-0.2, -0.15) is 0 Å². The molecule has 0 spiro atoms. The van der Waals surface area contributed by atoms with E-state index in [2.05, 4.69) is 50.2 Å². The highest BCUT2D eigenvalue weighted by molar-refractivity contribution is 5.38. The lowest BCUT2D eigenvalue weighted by Crippen LogP contribution is -2.53. The molecule has 0 saturated carbocycles. The third kappa shape index (κ3) is 2.74. The molecule has 2 rings (SSSR count). The number of hydrogen-bond acceptors (Lipinski definition) is 3. The summed E-state index contributed by atoms with van der Waals surface area (Å²) in [7, 11) is 2.16. The van der Waals surface area contributed by atoms with Gasteiger partial charge in [-0.25, -0.2) is 0 Å². The van der Waals surface area contributed by atoms with E-state index < -0.39 is 0 Å². The number of rotatable bonds is 2. The van der Waals surface area contributed by atoms with Crippen molar-refractivity contribution in [3.8, 4) is 0 Å². The minimum atomic E-state index is 0.0760. The van der Waals surface area contributed by atoms with Crippen molar-refractivity contribution >= 4 is 0 Å². The van der Waals surface area contributed by atoms with Crippen LogP contribution in [0.4, 0.5) is 0 Å². The van der Waals surface area contributed by atoms with Crippen LogP contribution in [-0.2, 0) is 0 Å². The molecule has 1 aromatic carbocycles. The second-order valence-electron chi connectivity index (χ2n) is 5.64.